The molecule has 1 aliphatic rings. The molecule has 2 atom stereocenters. The molecule has 2 N–H and O–H groups in total. The molecule has 94 valence electrons. The van der Waals surface area contributed by atoms with Crippen molar-refractivity contribution in [1.82, 2.24) is 4.90 Å². The van der Waals surface area contributed by atoms with Crippen LogP contribution in [-0.4, -0.2) is 24.0 Å². The summed E-state index contributed by atoms with van der Waals surface area (Å²) in [6, 6.07) is 1.68. The molecule has 1 saturated heterocycles. The van der Waals surface area contributed by atoms with Crippen LogP contribution in [0.3, 0.4) is 0 Å². The van der Waals surface area contributed by atoms with E-state index in [1.165, 1.54) is 0 Å². The highest BCUT2D eigenvalue weighted by atomic mass is 19.2. The average Bonchev–Trinajstić information content (AvgIpc) is 2.66. The second-order valence-electron chi connectivity index (χ2n) is 4.32. The highest BCUT2D eigenvalue weighted by molar-refractivity contribution is 5.25. The van der Waals surface area contributed by atoms with E-state index < -0.39 is 17.5 Å². The van der Waals surface area contributed by atoms with Crippen LogP contribution in [0, 0.1) is 17.5 Å². The number of nitrogens with zero attached hydrogens (tertiary/aromatic N) is 1. The molecule has 0 aromatic heterocycles. The third-order valence-electron chi connectivity index (χ3n) is 3.30. The van der Waals surface area contributed by atoms with Crippen LogP contribution in [0.2, 0.25) is 0 Å². The molecule has 0 aliphatic carbocycles. The molecule has 0 spiro atoms. The molecule has 1 aliphatic heterocycles. The van der Waals surface area contributed by atoms with Crippen LogP contribution < -0.4 is 5.73 Å². The minimum absolute atomic E-state index is 0.167. The van der Waals surface area contributed by atoms with E-state index in [4.69, 9.17) is 5.73 Å². The first-order valence-corrected chi connectivity index (χ1v) is 5.68. The zero-order valence-corrected chi connectivity index (χ0v) is 9.59. The molecule has 1 aromatic rings. The van der Waals surface area contributed by atoms with Gasteiger partial charge >= 0.3 is 0 Å². The maximum Gasteiger partial charge on any atom is 0.194 e. The lowest BCUT2D eigenvalue weighted by Gasteiger charge is -2.26. The van der Waals surface area contributed by atoms with Gasteiger partial charge in [-0.15, -0.1) is 0 Å². The number of hydrogen-bond acceptors (Lipinski definition) is 2. The number of benzene rings is 1. The summed E-state index contributed by atoms with van der Waals surface area (Å²) < 4.78 is 39.2. The van der Waals surface area contributed by atoms with Gasteiger partial charge < -0.3 is 5.73 Å². The zero-order chi connectivity index (χ0) is 12.6. The van der Waals surface area contributed by atoms with Crippen LogP contribution in [-0.2, 0) is 0 Å². The van der Waals surface area contributed by atoms with Gasteiger partial charge in [0, 0.05) is 12.6 Å². The summed E-state index contributed by atoms with van der Waals surface area (Å²) in [6.07, 6.45) is 0.777. The van der Waals surface area contributed by atoms with Crippen molar-refractivity contribution in [3.8, 4) is 0 Å². The van der Waals surface area contributed by atoms with Crippen molar-refractivity contribution in [3.05, 3.63) is 35.1 Å². The van der Waals surface area contributed by atoms with Crippen LogP contribution in [0.25, 0.3) is 0 Å². The Bertz CT molecular complexity index is 399. The van der Waals surface area contributed by atoms with Crippen molar-refractivity contribution >= 4 is 0 Å². The Morgan fingerprint density at radius 2 is 1.88 bits per heavy atom. The third kappa shape index (κ3) is 2.17. The van der Waals surface area contributed by atoms with Gasteiger partial charge in [-0.1, -0.05) is 6.92 Å². The molecule has 2 nitrogen and oxygen atoms in total. The highest BCUT2D eigenvalue weighted by Crippen LogP contribution is 2.32. The summed E-state index contributed by atoms with van der Waals surface area (Å²) in [5.74, 6) is -3.74. The smallest absolute Gasteiger partial charge is 0.194 e. The van der Waals surface area contributed by atoms with Crippen LogP contribution in [0.5, 0.6) is 0 Å². The fourth-order valence-corrected chi connectivity index (χ4v) is 2.44. The first kappa shape index (κ1) is 12.4. The van der Waals surface area contributed by atoms with Gasteiger partial charge in [-0.3, -0.25) is 4.90 Å². The molecule has 2 rings (SSSR count). The lowest BCUT2D eigenvalue weighted by atomic mass is 10.0. The first-order valence-electron chi connectivity index (χ1n) is 5.68. The Balaban J connectivity index is 2.39. The van der Waals surface area contributed by atoms with Gasteiger partial charge in [0.1, 0.15) is 0 Å². The predicted molar refractivity (Wildman–Crippen MR) is 58.9 cm³/mol. The Labute approximate surface area is 98.2 Å². The van der Waals surface area contributed by atoms with E-state index in [-0.39, 0.29) is 12.1 Å². The van der Waals surface area contributed by atoms with Crippen molar-refractivity contribution in [1.29, 1.82) is 0 Å². The lowest BCUT2D eigenvalue weighted by molar-refractivity contribution is 0.259. The summed E-state index contributed by atoms with van der Waals surface area (Å²) in [5, 5.41) is 0. The molecule has 0 unspecified atom stereocenters. The van der Waals surface area contributed by atoms with E-state index in [0.29, 0.717) is 5.56 Å². The highest BCUT2D eigenvalue weighted by Gasteiger charge is 2.32. The summed E-state index contributed by atoms with van der Waals surface area (Å²) in [7, 11) is 0. The monoisotopic (exact) mass is 244 g/mol. The quantitative estimate of drug-likeness (QED) is 0.808. The topological polar surface area (TPSA) is 29.3 Å². The van der Waals surface area contributed by atoms with E-state index in [1.54, 1.807) is 0 Å². The van der Waals surface area contributed by atoms with Gasteiger partial charge in [0.25, 0.3) is 0 Å². The molecule has 17 heavy (non-hydrogen) atoms. The Morgan fingerprint density at radius 3 is 2.41 bits per heavy atom. The summed E-state index contributed by atoms with van der Waals surface area (Å²) in [6.45, 7) is 3.50. The molecule has 0 radical (unpaired) electrons. The fraction of sp³-hybridized carbons (Fsp3) is 0.500. The van der Waals surface area contributed by atoms with Crippen LogP contribution >= 0.6 is 0 Å². The fourth-order valence-electron chi connectivity index (χ4n) is 2.44. The number of likely N-dealkylation sites (tertiary alicyclic amines) is 1. The molecule has 1 fully saturated rings. The standard InChI is InChI=1S/C12H15F3N2/c1-2-17-4-3-10(16)12(17)7-5-8(13)11(15)9(14)6-7/h5-6,10,12H,2-4,16H2,1H3/t10-,12+/m0/s1. The Hall–Kier alpha value is -1.07. The van der Waals surface area contributed by atoms with E-state index in [2.05, 4.69) is 0 Å². The van der Waals surface area contributed by atoms with Crippen LogP contribution in [0.15, 0.2) is 12.1 Å². The second kappa shape index (κ2) is 4.66. The number of rotatable bonds is 2. The number of hydrogen-bond donors (Lipinski definition) is 1. The van der Waals surface area contributed by atoms with Gasteiger partial charge in [-0.05, 0) is 30.7 Å². The van der Waals surface area contributed by atoms with E-state index in [1.807, 2.05) is 11.8 Å². The first-order chi connectivity index (χ1) is 8.04. The van der Waals surface area contributed by atoms with Crippen molar-refractivity contribution in [2.45, 2.75) is 25.4 Å². The molecule has 0 bridgehead atoms. The summed E-state index contributed by atoms with van der Waals surface area (Å²) in [5.41, 5.74) is 6.35. The molecular weight excluding hydrogens is 229 g/mol. The molecule has 5 heteroatoms. The summed E-state index contributed by atoms with van der Waals surface area (Å²) >= 11 is 0. The SMILES string of the molecule is CCN1CC[C@H](N)[C@H]1c1cc(F)c(F)c(F)c1. The largest absolute Gasteiger partial charge is 0.326 e. The van der Waals surface area contributed by atoms with E-state index in [0.717, 1.165) is 31.6 Å². The normalized spacial score (nSPS) is 25.5. The van der Waals surface area contributed by atoms with Gasteiger partial charge in [-0.25, -0.2) is 13.2 Å². The Kier molecular flexibility index (Phi) is 3.40. The van der Waals surface area contributed by atoms with Crippen LogP contribution in [0.1, 0.15) is 24.9 Å². The number of nitrogens with two attached hydrogens (primary N) is 1. The Morgan fingerprint density at radius 1 is 1.29 bits per heavy atom. The van der Waals surface area contributed by atoms with Gasteiger partial charge in [0.2, 0.25) is 0 Å². The minimum Gasteiger partial charge on any atom is -0.326 e. The zero-order valence-electron chi connectivity index (χ0n) is 9.59. The van der Waals surface area contributed by atoms with Crippen molar-refractivity contribution in [2.75, 3.05) is 13.1 Å². The molecular formula is C12H15F3N2. The van der Waals surface area contributed by atoms with Crippen LogP contribution in [0.4, 0.5) is 13.2 Å². The van der Waals surface area contributed by atoms with E-state index >= 15 is 0 Å². The second-order valence-corrected chi connectivity index (χ2v) is 4.32. The average molecular weight is 244 g/mol. The lowest BCUT2D eigenvalue weighted by Crippen LogP contribution is -2.32. The third-order valence-corrected chi connectivity index (χ3v) is 3.30. The number of likely N-dealkylation sites (N-methyl/N-ethyl adjacent to an activating group) is 1. The van der Waals surface area contributed by atoms with Crippen molar-refractivity contribution in [2.24, 2.45) is 5.73 Å². The van der Waals surface area contributed by atoms with Crippen molar-refractivity contribution < 1.29 is 13.2 Å². The maximum atomic E-state index is 13.2. The van der Waals surface area contributed by atoms with Gasteiger partial charge in [-0.2, -0.15) is 0 Å². The molecule has 0 amide bonds. The predicted octanol–water partition coefficient (Wildman–Crippen LogP) is 2.20. The molecule has 1 aromatic carbocycles. The van der Waals surface area contributed by atoms with E-state index in [9.17, 15) is 13.2 Å². The minimum atomic E-state index is -1.43. The number of halogens is 3. The maximum absolute atomic E-state index is 13.2. The van der Waals surface area contributed by atoms with Gasteiger partial charge in [0.15, 0.2) is 17.5 Å². The molecule has 1 heterocycles. The van der Waals surface area contributed by atoms with Gasteiger partial charge in [0.05, 0.1) is 6.04 Å². The van der Waals surface area contributed by atoms with Crippen molar-refractivity contribution in [3.63, 3.8) is 0 Å². The molecule has 0 saturated carbocycles. The summed E-state index contributed by atoms with van der Waals surface area (Å²) in [4.78, 5) is 2.04.